The molecule has 0 spiro atoms. The summed E-state index contributed by atoms with van der Waals surface area (Å²) in [4.78, 5) is 14.2. The van der Waals surface area contributed by atoms with Crippen molar-refractivity contribution in [1.82, 2.24) is 9.21 Å². The van der Waals surface area contributed by atoms with Crippen molar-refractivity contribution in [3.8, 4) is 0 Å². The first-order valence-electron chi connectivity index (χ1n) is 7.62. The zero-order chi connectivity index (χ0) is 14.8. The van der Waals surface area contributed by atoms with Crippen LogP contribution in [-0.2, 0) is 14.8 Å². The summed E-state index contributed by atoms with van der Waals surface area (Å²) in [6.07, 6.45) is 7.29. The second kappa shape index (κ2) is 6.43. The van der Waals surface area contributed by atoms with E-state index in [0.29, 0.717) is 5.92 Å². The van der Waals surface area contributed by atoms with E-state index < -0.39 is 10.0 Å². The van der Waals surface area contributed by atoms with Crippen LogP contribution in [0, 0.1) is 5.92 Å². The number of likely N-dealkylation sites (tertiary alicyclic amines) is 1. The summed E-state index contributed by atoms with van der Waals surface area (Å²) < 4.78 is 25.3. The predicted molar refractivity (Wildman–Crippen MR) is 78.8 cm³/mol. The molecule has 1 unspecified atom stereocenters. The second-order valence-electron chi connectivity index (χ2n) is 6.33. The van der Waals surface area contributed by atoms with Gasteiger partial charge in [0.15, 0.2) is 0 Å². The summed E-state index contributed by atoms with van der Waals surface area (Å²) in [5, 5.41) is 0. The lowest BCUT2D eigenvalue weighted by atomic mass is 10.0. The molecule has 0 radical (unpaired) electrons. The topological polar surface area (TPSA) is 57.7 Å². The Morgan fingerprint density at radius 2 is 1.85 bits per heavy atom. The summed E-state index contributed by atoms with van der Waals surface area (Å²) in [7, 11) is -3.31. The normalized spacial score (nSPS) is 25.4. The molecule has 20 heavy (non-hydrogen) atoms. The fourth-order valence-corrected chi connectivity index (χ4v) is 4.46. The van der Waals surface area contributed by atoms with E-state index in [0.717, 1.165) is 51.6 Å². The lowest BCUT2D eigenvalue weighted by molar-refractivity contribution is -0.133. The molecule has 0 aromatic carbocycles. The maximum atomic E-state index is 12.4. The maximum absolute atomic E-state index is 12.4. The van der Waals surface area contributed by atoms with Gasteiger partial charge in [0.05, 0.1) is 12.8 Å². The smallest absolute Gasteiger partial charge is 0.237 e. The van der Waals surface area contributed by atoms with Crippen LogP contribution in [0.4, 0.5) is 0 Å². The third-order valence-corrected chi connectivity index (χ3v) is 5.74. The summed E-state index contributed by atoms with van der Waals surface area (Å²) in [6.45, 7) is 3.70. The number of sulfonamides is 1. The van der Waals surface area contributed by atoms with E-state index in [4.69, 9.17) is 0 Å². The molecule has 1 aliphatic heterocycles. The summed E-state index contributed by atoms with van der Waals surface area (Å²) >= 11 is 0. The van der Waals surface area contributed by atoms with Gasteiger partial charge in [-0.1, -0.05) is 19.8 Å². The average molecular weight is 302 g/mol. The summed E-state index contributed by atoms with van der Waals surface area (Å²) in [6, 6.07) is 0.0242. The highest BCUT2D eigenvalue weighted by Gasteiger charge is 2.32. The Bertz CT molecular complexity index is 443. The van der Waals surface area contributed by atoms with Gasteiger partial charge in [-0.2, -0.15) is 4.31 Å². The number of hydrogen-bond acceptors (Lipinski definition) is 3. The molecule has 0 N–H and O–H groups in total. The van der Waals surface area contributed by atoms with Gasteiger partial charge in [-0.3, -0.25) is 4.79 Å². The van der Waals surface area contributed by atoms with Crippen LogP contribution in [0.1, 0.15) is 45.4 Å². The van der Waals surface area contributed by atoms with Crippen molar-refractivity contribution in [2.45, 2.75) is 51.5 Å². The van der Waals surface area contributed by atoms with Crippen LogP contribution in [0.15, 0.2) is 0 Å². The van der Waals surface area contributed by atoms with Gasteiger partial charge in [0.2, 0.25) is 15.9 Å². The van der Waals surface area contributed by atoms with Gasteiger partial charge < -0.3 is 4.90 Å². The van der Waals surface area contributed by atoms with Gasteiger partial charge in [-0.05, 0) is 31.6 Å². The van der Waals surface area contributed by atoms with Crippen molar-refractivity contribution in [2.24, 2.45) is 5.92 Å². The molecule has 2 fully saturated rings. The minimum absolute atomic E-state index is 0.0240. The molecule has 1 heterocycles. The summed E-state index contributed by atoms with van der Waals surface area (Å²) in [5.41, 5.74) is 0. The molecule has 1 saturated heterocycles. The van der Waals surface area contributed by atoms with Crippen LogP contribution >= 0.6 is 0 Å². The number of carbonyl (C=O) groups excluding carboxylic acids is 1. The number of piperidine rings is 1. The van der Waals surface area contributed by atoms with Crippen molar-refractivity contribution in [2.75, 3.05) is 25.9 Å². The highest BCUT2D eigenvalue weighted by Crippen LogP contribution is 2.25. The molecule has 1 atom stereocenters. The molecule has 0 bridgehead atoms. The Kier molecular flexibility index (Phi) is 5.07. The molecule has 0 aromatic heterocycles. The Hall–Kier alpha value is -0.620. The lowest BCUT2D eigenvalue weighted by Gasteiger charge is -2.33. The third kappa shape index (κ3) is 3.95. The van der Waals surface area contributed by atoms with Gasteiger partial charge in [0.1, 0.15) is 0 Å². The molecule has 2 rings (SSSR count). The highest BCUT2D eigenvalue weighted by molar-refractivity contribution is 7.88. The number of hydrogen-bond donors (Lipinski definition) is 0. The van der Waals surface area contributed by atoms with E-state index in [9.17, 15) is 13.2 Å². The van der Waals surface area contributed by atoms with Crippen LogP contribution in [0.5, 0.6) is 0 Å². The monoisotopic (exact) mass is 302 g/mol. The maximum Gasteiger partial charge on any atom is 0.237 e. The molecule has 6 heteroatoms. The Morgan fingerprint density at radius 1 is 1.20 bits per heavy atom. The van der Waals surface area contributed by atoms with Gasteiger partial charge in [0, 0.05) is 19.1 Å². The molecule has 0 aromatic rings. The number of nitrogens with zero attached hydrogens (tertiary/aromatic N) is 2. The quantitative estimate of drug-likeness (QED) is 0.790. The highest BCUT2D eigenvalue weighted by atomic mass is 32.2. The zero-order valence-corrected chi connectivity index (χ0v) is 13.4. The number of rotatable bonds is 4. The molecule has 1 saturated carbocycles. The molecule has 1 amide bonds. The molecule has 2 aliphatic rings. The molecular formula is C14H26N2O3S. The predicted octanol–water partition coefficient (Wildman–Crippen LogP) is 1.45. The van der Waals surface area contributed by atoms with E-state index in [1.165, 1.54) is 10.6 Å². The van der Waals surface area contributed by atoms with Crippen molar-refractivity contribution >= 4 is 15.9 Å². The Balaban J connectivity index is 2.01. The van der Waals surface area contributed by atoms with Gasteiger partial charge in [-0.15, -0.1) is 0 Å². The molecule has 116 valence electrons. The Labute approximate surface area is 122 Å². The van der Waals surface area contributed by atoms with E-state index in [1.54, 1.807) is 0 Å². The standard InChI is InChI=1S/C14H26N2O3S/c1-12-6-5-9-15(10-12)14(17)11-16(20(2,18)19)13-7-3-4-8-13/h12-13H,3-11H2,1-2H3. The largest absolute Gasteiger partial charge is 0.341 e. The van der Waals surface area contributed by atoms with Gasteiger partial charge >= 0.3 is 0 Å². The first-order valence-corrected chi connectivity index (χ1v) is 9.47. The van der Waals surface area contributed by atoms with Gasteiger partial charge in [0.25, 0.3) is 0 Å². The van der Waals surface area contributed by atoms with Crippen LogP contribution in [0.3, 0.4) is 0 Å². The van der Waals surface area contributed by atoms with Crippen molar-refractivity contribution < 1.29 is 13.2 Å². The first kappa shape index (κ1) is 15.8. The summed E-state index contributed by atoms with van der Waals surface area (Å²) in [5.74, 6) is 0.486. The van der Waals surface area contributed by atoms with E-state index in [-0.39, 0.29) is 18.5 Å². The molecular weight excluding hydrogens is 276 g/mol. The fourth-order valence-electron chi connectivity index (χ4n) is 3.36. The first-order chi connectivity index (χ1) is 9.38. The molecule has 5 nitrogen and oxygen atoms in total. The lowest BCUT2D eigenvalue weighted by Crippen LogP contribution is -2.48. The van der Waals surface area contributed by atoms with Crippen LogP contribution in [-0.4, -0.2) is 55.5 Å². The van der Waals surface area contributed by atoms with Crippen molar-refractivity contribution in [1.29, 1.82) is 0 Å². The van der Waals surface area contributed by atoms with Crippen LogP contribution < -0.4 is 0 Å². The average Bonchev–Trinajstić information content (AvgIpc) is 2.87. The zero-order valence-electron chi connectivity index (χ0n) is 12.5. The van der Waals surface area contributed by atoms with E-state index in [2.05, 4.69) is 6.92 Å². The number of amides is 1. The second-order valence-corrected chi connectivity index (χ2v) is 8.27. The number of carbonyl (C=O) groups is 1. The van der Waals surface area contributed by atoms with Crippen molar-refractivity contribution in [3.63, 3.8) is 0 Å². The minimum Gasteiger partial charge on any atom is -0.341 e. The molecule has 1 aliphatic carbocycles. The van der Waals surface area contributed by atoms with Gasteiger partial charge in [-0.25, -0.2) is 8.42 Å². The van der Waals surface area contributed by atoms with E-state index >= 15 is 0 Å². The fraction of sp³-hybridized carbons (Fsp3) is 0.929. The van der Waals surface area contributed by atoms with Crippen LogP contribution in [0.2, 0.25) is 0 Å². The van der Waals surface area contributed by atoms with E-state index in [1.807, 2.05) is 4.90 Å². The minimum atomic E-state index is -3.31. The van der Waals surface area contributed by atoms with Crippen molar-refractivity contribution in [3.05, 3.63) is 0 Å². The Morgan fingerprint density at radius 3 is 2.40 bits per heavy atom. The van der Waals surface area contributed by atoms with Crippen LogP contribution in [0.25, 0.3) is 0 Å². The third-order valence-electron chi connectivity index (χ3n) is 4.46. The SMILES string of the molecule is CC1CCCN(C(=O)CN(C2CCCC2)S(C)(=O)=O)C1.